The minimum Gasteiger partial charge on any atom is -0.478 e. The highest BCUT2D eigenvalue weighted by atomic mass is 16.5. The van der Waals surface area contributed by atoms with Crippen LogP contribution >= 0.6 is 0 Å². The lowest BCUT2D eigenvalue weighted by Gasteiger charge is -2.15. The van der Waals surface area contributed by atoms with Gasteiger partial charge in [-0.2, -0.15) is 0 Å². The zero-order chi connectivity index (χ0) is 14.5. The molecule has 1 aromatic carbocycles. The molecule has 1 aromatic rings. The maximum absolute atomic E-state index is 10.3. The van der Waals surface area contributed by atoms with E-state index in [4.69, 9.17) is 14.9 Å². The van der Waals surface area contributed by atoms with Crippen LogP contribution in [0.2, 0.25) is 0 Å². The van der Waals surface area contributed by atoms with E-state index in [0.717, 1.165) is 13.2 Å². The molecule has 1 aliphatic rings. The highest BCUT2D eigenvalue weighted by Crippen LogP contribution is 2.07. The Balaban J connectivity index is 0.000000218. The number of hydrogen-bond donors (Lipinski definition) is 3. The zero-order valence-electron chi connectivity index (χ0n) is 10.8. The predicted molar refractivity (Wildman–Crippen MR) is 68.4 cm³/mol. The first-order chi connectivity index (χ1) is 8.82. The molecule has 19 heavy (non-hydrogen) atoms. The Kier molecular flexibility index (Phi) is 5.02. The van der Waals surface area contributed by atoms with Crippen LogP contribution in [-0.4, -0.2) is 41.0 Å². The average Bonchev–Trinajstić information content (AvgIpc) is 2.74. The molecule has 3 N–H and O–H groups in total. The van der Waals surface area contributed by atoms with Crippen LogP contribution in [0.25, 0.3) is 0 Å². The minimum absolute atomic E-state index is 0.0556. The van der Waals surface area contributed by atoms with Crippen LogP contribution in [-0.2, 0) is 4.74 Å². The summed E-state index contributed by atoms with van der Waals surface area (Å²) in [7, 11) is 0. The number of rotatable bonds is 2. The summed E-state index contributed by atoms with van der Waals surface area (Å²) in [5.74, 6) is -2.13. The molecule has 0 amide bonds. The van der Waals surface area contributed by atoms with Crippen molar-refractivity contribution in [3.05, 3.63) is 35.4 Å². The minimum atomic E-state index is -1.06. The summed E-state index contributed by atoms with van der Waals surface area (Å²) in [4.78, 5) is 20.7. The molecule has 0 aromatic heterocycles. The molecule has 104 valence electrons. The Labute approximate surface area is 111 Å². The molecule has 0 aliphatic carbocycles. The first kappa shape index (κ1) is 15.1. The molecule has 0 saturated carbocycles. The van der Waals surface area contributed by atoms with Crippen LogP contribution in [0.4, 0.5) is 0 Å². The Morgan fingerprint density at radius 2 is 1.53 bits per heavy atom. The van der Waals surface area contributed by atoms with Gasteiger partial charge in [-0.15, -0.1) is 0 Å². The van der Waals surface area contributed by atoms with Crippen molar-refractivity contribution >= 4 is 11.9 Å². The molecule has 1 aliphatic heterocycles. The van der Waals surface area contributed by atoms with Crippen LogP contribution in [0.5, 0.6) is 0 Å². The van der Waals surface area contributed by atoms with Crippen molar-refractivity contribution in [2.75, 3.05) is 13.2 Å². The maximum Gasteiger partial charge on any atom is 0.335 e. The fraction of sp³-hybridized carbons (Fsp3) is 0.385. The van der Waals surface area contributed by atoms with E-state index >= 15 is 0 Å². The molecule has 6 nitrogen and oxygen atoms in total. The number of hydrogen-bond acceptors (Lipinski definition) is 4. The van der Waals surface area contributed by atoms with Gasteiger partial charge >= 0.3 is 11.9 Å². The molecule has 2 rings (SSSR count). The van der Waals surface area contributed by atoms with Crippen molar-refractivity contribution < 1.29 is 24.5 Å². The van der Waals surface area contributed by atoms with Gasteiger partial charge < -0.3 is 14.9 Å². The molecular formula is C13H17NO5. The van der Waals surface area contributed by atoms with E-state index < -0.39 is 11.9 Å². The lowest BCUT2D eigenvalue weighted by Crippen LogP contribution is -2.33. The van der Waals surface area contributed by atoms with Gasteiger partial charge in [0.1, 0.15) is 5.72 Å². The van der Waals surface area contributed by atoms with Gasteiger partial charge in [0.15, 0.2) is 0 Å². The molecule has 6 heteroatoms. The topological polar surface area (TPSA) is 95.9 Å². The van der Waals surface area contributed by atoms with E-state index in [1.807, 2.05) is 13.8 Å². The van der Waals surface area contributed by atoms with E-state index in [1.165, 1.54) is 24.3 Å². The lowest BCUT2D eigenvalue weighted by atomic mass is 10.1. The molecule has 0 spiro atoms. The van der Waals surface area contributed by atoms with Gasteiger partial charge in [0, 0.05) is 6.54 Å². The van der Waals surface area contributed by atoms with E-state index in [-0.39, 0.29) is 16.9 Å². The Hall–Kier alpha value is -1.92. The smallest absolute Gasteiger partial charge is 0.335 e. The highest BCUT2D eigenvalue weighted by Gasteiger charge is 2.21. The number of carboxylic acids is 2. The normalized spacial score (nSPS) is 16.3. The maximum atomic E-state index is 10.3. The van der Waals surface area contributed by atoms with Crippen LogP contribution in [0, 0.1) is 0 Å². The standard InChI is InChI=1S/C8H6O4.C5H11NO/c9-7(10)5-1-2-6(4-3-5)8(11)12;1-5(2)6-3-4-7-5/h1-4H,(H,9,10)(H,11,12);6H,3-4H2,1-2H3. The van der Waals surface area contributed by atoms with Crippen LogP contribution in [0.15, 0.2) is 24.3 Å². The summed E-state index contributed by atoms with van der Waals surface area (Å²) in [5.41, 5.74) is 0.111. The average molecular weight is 267 g/mol. The summed E-state index contributed by atoms with van der Waals surface area (Å²) in [6, 6.07) is 5.02. The van der Waals surface area contributed by atoms with Gasteiger partial charge in [-0.3, -0.25) is 5.32 Å². The van der Waals surface area contributed by atoms with E-state index in [0.29, 0.717) is 0 Å². The van der Waals surface area contributed by atoms with Crippen molar-refractivity contribution in [1.29, 1.82) is 0 Å². The van der Waals surface area contributed by atoms with Crippen molar-refractivity contribution in [3.8, 4) is 0 Å². The zero-order valence-corrected chi connectivity index (χ0v) is 10.8. The molecule has 1 heterocycles. The van der Waals surface area contributed by atoms with Crippen LogP contribution in [0.3, 0.4) is 0 Å². The molecule has 1 fully saturated rings. The Morgan fingerprint density at radius 1 is 1.11 bits per heavy atom. The molecule has 1 saturated heterocycles. The van der Waals surface area contributed by atoms with Gasteiger partial charge in [-0.25, -0.2) is 9.59 Å². The van der Waals surface area contributed by atoms with Crippen molar-refractivity contribution in [2.45, 2.75) is 19.6 Å². The second kappa shape index (κ2) is 6.31. The van der Waals surface area contributed by atoms with Crippen molar-refractivity contribution in [1.82, 2.24) is 5.32 Å². The Morgan fingerprint density at radius 3 is 1.68 bits per heavy atom. The summed E-state index contributed by atoms with van der Waals surface area (Å²) < 4.78 is 5.23. The van der Waals surface area contributed by atoms with Crippen molar-refractivity contribution in [2.24, 2.45) is 0 Å². The van der Waals surface area contributed by atoms with E-state index in [1.54, 1.807) is 0 Å². The summed E-state index contributed by atoms with van der Waals surface area (Å²) in [5, 5.41) is 20.1. The fourth-order valence-corrected chi connectivity index (χ4v) is 1.46. The van der Waals surface area contributed by atoms with E-state index in [9.17, 15) is 9.59 Å². The molecule has 0 atom stereocenters. The summed E-state index contributed by atoms with van der Waals surface area (Å²) >= 11 is 0. The van der Waals surface area contributed by atoms with Gasteiger partial charge in [-0.1, -0.05) is 0 Å². The van der Waals surface area contributed by atoms with Gasteiger partial charge in [0.2, 0.25) is 0 Å². The SMILES string of the molecule is CC1(C)NCCO1.O=C(O)c1ccc(C(=O)O)cc1. The largest absolute Gasteiger partial charge is 0.478 e. The molecule has 0 radical (unpaired) electrons. The first-order valence-corrected chi connectivity index (χ1v) is 5.77. The van der Waals surface area contributed by atoms with Gasteiger partial charge in [0.05, 0.1) is 17.7 Å². The summed E-state index contributed by atoms with van der Waals surface area (Å²) in [6.07, 6.45) is 0. The quantitative estimate of drug-likeness (QED) is 0.750. The second-order valence-electron chi connectivity index (χ2n) is 4.47. The first-order valence-electron chi connectivity index (χ1n) is 5.77. The number of aromatic carboxylic acids is 2. The third-order valence-corrected chi connectivity index (χ3v) is 2.49. The number of ether oxygens (including phenoxy) is 1. The second-order valence-corrected chi connectivity index (χ2v) is 4.47. The highest BCUT2D eigenvalue weighted by molar-refractivity contribution is 5.91. The number of nitrogens with one attached hydrogen (secondary N) is 1. The molecular weight excluding hydrogens is 250 g/mol. The monoisotopic (exact) mass is 267 g/mol. The third kappa shape index (κ3) is 5.07. The van der Waals surface area contributed by atoms with Gasteiger partial charge in [-0.05, 0) is 38.1 Å². The molecule has 0 unspecified atom stereocenters. The fourth-order valence-electron chi connectivity index (χ4n) is 1.46. The number of carboxylic acid groups (broad SMARTS) is 2. The Bertz CT molecular complexity index is 412. The predicted octanol–water partition coefficient (Wildman–Crippen LogP) is 1.43. The molecule has 0 bridgehead atoms. The van der Waals surface area contributed by atoms with E-state index in [2.05, 4.69) is 5.32 Å². The van der Waals surface area contributed by atoms with Crippen LogP contribution < -0.4 is 5.32 Å². The number of benzene rings is 1. The van der Waals surface area contributed by atoms with Crippen molar-refractivity contribution in [3.63, 3.8) is 0 Å². The third-order valence-electron chi connectivity index (χ3n) is 2.49. The lowest BCUT2D eigenvalue weighted by molar-refractivity contribution is 0.0233. The number of carbonyl (C=O) groups is 2. The summed E-state index contributed by atoms with van der Waals surface area (Å²) in [6.45, 7) is 5.90. The van der Waals surface area contributed by atoms with Crippen LogP contribution in [0.1, 0.15) is 34.6 Å². The van der Waals surface area contributed by atoms with Gasteiger partial charge in [0.25, 0.3) is 0 Å².